The third kappa shape index (κ3) is 3.50. The van der Waals surface area contributed by atoms with Gasteiger partial charge in [0.1, 0.15) is 5.75 Å². The lowest BCUT2D eigenvalue weighted by Crippen LogP contribution is -2.35. The van der Waals surface area contributed by atoms with Crippen LogP contribution in [-0.2, 0) is 14.8 Å². The number of ether oxygens (including phenoxy) is 1. The Bertz CT molecular complexity index is 535. The van der Waals surface area contributed by atoms with Crippen molar-refractivity contribution in [1.82, 2.24) is 4.31 Å². The summed E-state index contributed by atoms with van der Waals surface area (Å²) in [5.41, 5.74) is 0.848. The van der Waals surface area contributed by atoms with E-state index in [0.717, 1.165) is 18.4 Å². The minimum Gasteiger partial charge on any atom is -0.508 e. The van der Waals surface area contributed by atoms with Gasteiger partial charge in [0.25, 0.3) is 0 Å². The molecule has 20 heavy (non-hydrogen) atoms. The first kappa shape index (κ1) is 15.3. The van der Waals surface area contributed by atoms with Crippen LogP contribution in [0.3, 0.4) is 0 Å². The van der Waals surface area contributed by atoms with Gasteiger partial charge in [0.15, 0.2) is 0 Å². The van der Waals surface area contributed by atoms with Crippen LogP contribution in [0.5, 0.6) is 5.75 Å². The van der Waals surface area contributed by atoms with E-state index in [-0.39, 0.29) is 23.6 Å². The molecule has 0 aliphatic carbocycles. The van der Waals surface area contributed by atoms with Crippen LogP contribution in [-0.4, -0.2) is 43.3 Å². The molecule has 112 valence electrons. The normalized spacial score (nSPS) is 21.2. The molecule has 1 aromatic carbocycles. The van der Waals surface area contributed by atoms with Gasteiger partial charge >= 0.3 is 0 Å². The molecule has 0 amide bonds. The molecule has 0 saturated carbocycles. The smallest absolute Gasteiger partial charge is 0.216 e. The van der Waals surface area contributed by atoms with Crippen LogP contribution >= 0.6 is 0 Å². The molecule has 2 unspecified atom stereocenters. The van der Waals surface area contributed by atoms with Crippen LogP contribution in [0.25, 0.3) is 0 Å². The fourth-order valence-electron chi connectivity index (χ4n) is 2.33. The van der Waals surface area contributed by atoms with E-state index in [1.165, 1.54) is 4.31 Å². The van der Waals surface area contributed by atoms with E-state index in [4.69, 9.17) is 4.74 Å². The Morgan fingerprint density at radius 1 is 1.40 bits per heavy atom. The highest BCUT2D eigenvalue weighted by Gasteiger charge is 2.29. The molecule has 2 atom stereocenters. The number of nitrogens with zero attached hydrogens (tertiary/aromatic N) is 1. The molecule has 6 heteroatoms. The lowest BCUT2D eigenvalue weighted by Gasteiger charge is -2.25. The molecule has 0 radical (unpaired) electrons. The van der Waals surface area contributed by atoms with Crippen molar-refractivity contribution in [1.29, 1.82) is 0 Å². The van der Waals surface area contributed by atoms with Crippen LogP contribution in [0.1, 0.15) is 31.4 Å². The summed E-state index contributed by atoms with van der Waals surface area (Å²) in [4.78, 5) is 0. The van der Waals surface area contributed by atoms with E-state index >= 15 is 0 Å². The fourth-order valence-corrected chi connectivity index (χ4v) is 3.90. The highest BCUT2D eigenvalue weighted by atomic mass is 32.2. The maximum Gasteiger partial charge on any atom is 0.216 e. The van der Waals surface area contributed by atoms with Crippen molar-refractivity contribution >= 4 is 10.0 Å². The summed E-state index contributed by atoms with van der Waals surface area (Å²) < 4.78 is 31.5. The number of rotatable bonds is 5. The summed E-state index contributed by atoms with van der Waals surface area (Å²) in [6.45, 7) is 2.48. The number of phenolic OH excluding ortho intramolecular Hbond substituents is 1. The number of aromatic hydroxyl groups is 1. The van der Waals surface area contributed by atoms with E-state index in [2.05, 4.69) is 0 Å². The van der Waals surface area contributed by atoms with Gasteiger partial charge in [0, 0.05) is 19.7 Å². The number of sulfonamides is 1. The summed E-state index contributed by atoms with van der Waals surface area (Å²) in [5, 5.41) is 9.28. The number of hydrogen-bond donors (Lipinski definition) is 1. The molecular formula is C14H21NO4S. The first-order chi connectivity index (χ1) is 9.40. The second-order valence-corrected chi connectivity index (χ2v) is 7.27. The van der Waals surface area contributed by atoms with Gasteiger partial charge in [-0.15, -0.1) is 0 Å². The van der Waals surface area contributed by atoms with E-state index in [9.17, 15) is 13.5 Å². The van der Waals surface area contributed by atoms with Crippen LogP contribution in [0.4, 0.5) is 0 Å². The average molecular weight is 299 g/mol. The Morgan fingerprint density at radius 2 is 2.05 bits per heavy atom. The zero-order valence-corrected chi connectivity index (χ0v) is 12.6. The molecule has 1 N–H and O–H groups in total. The minimum atomic E-state index is -3.36. The first-order valence-corrected chi connectivity index (χ1v) is 8.37. The SMILES string of the molecule is CC(c1ccc(O)cc1)N(C)S(=O)(=O)CC1CCCO1. The predicted molar refractivity (Wildman–Crippen MR) is 77.0 cm³/mol. The number of hydrogen-bond acceptors (Lipinski definition) is 4. The van der Waals surface area contributed by atoms with Gasteiger partial charge in [-0.3, -0.25) is 0 Å². The van der Waals surface area contributed by atoms with Gasteiger partial charge in [0.2, 0.25) is 10.0 Å². The first-order valence-electron chi connectivity index (χ1n) is 6.76. The van der Waals surface area contributed by atoms with Crippen LogP contribution in [0.15, 0.2) is 24.3 Å². The van der Waals surface area contributed by atoms with Crippen molar-refractivity contribution < 1.29 is 18.3 Å². The topological polar surface area (TPSA) is 66.8 Å². The van der Waals surface area contributed by atoms with Gasteiger partial charge in [-0.05, 0) is 37.5 Å². The minimum absolute atomic E-state index is 0.0337. The Balaban J connectivity index is 2.08. The van der Waals surface area contributed by atoms with Crippen molar-refractivity contribution in [2.75, 3.05) is 19.4 Å². The standard InChI is InChI=1S/C14H21NO4S/c1-11(12-5-7-13(16)8-6-12)15(2)20(17,18)10-14-4-3-9-19-14/h5-8,11,14,16H,3-4,9-10H2,1-2H3. The summed E-state index contributed by atoms with van der Waals surface area (Å²) in [7, 11) is -1.77. The number of phenols is 1. The molecule has 1 saturated heterocycles. The average Bonchev–Trinajstić information content (AvgIpc) is 2.90. The van der Waals surface area contributed by atoms with Crippen LogP contribution in [0.2, 0.25) is 0 Å². The van der Waals surface area contributed by atoms with Gasteiger partial charge in [-0.1, -0.05) is 12.1 Å². The predicted octanol–water partition coefficient (Wildman–Crippen LogP) is 1.89. The summed E-state index contributed by atoms with van der Waals surface area (Å²) in [5.74, 6) is 0.206. The van der Waals surface area contributed by atoms with Crippen molar-refractivity contribution in [3.8, 4) is 5.75 Å². The van der Waals surface area contributed by atoms with Crippen molar-refractivity contribution in [3.05, 3.63) is 29.8 Å². The molecule has 0 spiro atoms. The van der Waals surface area contributed by atoms with Crippen molar-refractivity contribution in [2.45, 2.75) is 31.9 Å². The maximum absolute atomic E-state index is 12.4. The monoisotopic (exact) mass is 299 g/mol. The summed E-state index contributed by atoms with van der Waals surface area (Å²) in [6, 6.07) is 6.32. The second-order valence-electron chi connectivity index (χ2n) is 5.20. The van der Waals surface area contributed by atoms with E-state index < -0.39 is 10.0 Å². The fraction of sp³-hybridized carbons (Fsp3) is 0.571. The van der Waals surface area contributed by atoms with Crippen LogP contribution in [0, 0.1) is 0 Å². The molecule has 1 heterocycles. The Morgan fingerprint density at radius 3 is 2.60 bits per heavy atom. The van der Waals surface area contributed by atoms with Crippen molar-refractivity contribution in [2.24, 2.45) is 0 Å². The lowest BCUT2D eigenvalue weighted by atomic mass is 10.1. The maximum atomic E-state index is 12.4. The quantitative estimate of drug-likeness (QED) is 0.901. The molecule has 0 bridgehead atoms. The summed E-state index contributed by atoms with van der Waals surface area (Å²) >= 11 is 0. The Kier molecular flexibility index (Phi) is 4.67. The van der Waals surface area contributed by atoms with Gasteiger partial charge in [0.05, 0.1) is 11.9 Å². The Labute approximate surface area is 120 Å². The van der Waals surface area contributed by atoms with Crippen LogP contribution < -0.4 is 0 Å². The largest absolute Gasteiger partial charge is 0.508 e. The van der Waals surface area contributed by atoms with Gasteiger partial charge in [-0.25, -0.2) is 8.42 Å². The molecule has 2 rings (SSSR count). The molecule has 1 aromatic rings. The molecular weight excluding hydrogens is 278 g/mol. The number of benzene rings is 1. The zero-order valence-electron chi connectivity index (χ0n) is 11.8. The van der Waals surface area contributed by atoms with E-state index in [0.29, 0.717) is 6.61 Å². The molecule has 1 fully saturated rings. The van der Waals surface area contributed by atoms with E-state index in [1.807, 2.05) is 6.92 Å². The molecule has 5 nitrogen and oxygen atoms in total. The third-order valence-electron chi connectivity index (χ3n) is 3.78. The highest BCUT2D eigenvalue weighted by Crippen LogP contribution is 2.25. The highest BCUT2D eigenvalue weighted by molar-refractivity contribution is 7.89. The molecule has 0 aromatic heterocycles. The molecule has 1 aliphatic heterocycles. The lowest BCUT2D eigenvalue weighted by molar-refractivity contribution is 0.126. The Hall–Kier alpha value is -1.11. The summed E-state index contributed by atoms with van der Waals surface area (Å²) in [6.07, 6.45) is 1.55. The van der Waals surface area contributed by atoms with Crippen molar-refractivity contribution in [3.63, 3.8) is 0 Å². The second kappa shape index (κ2) is 6.11. The molecule has 1 aliphatic rings. The van der Waals surface area contributed by atoms with Gasteiger partial charge < -0.3 is 9.84 Å². The van der Waals surface area contributed by atoms with E-state index in [1.54, 1.807) is 31.3 Å². The third-order valence-corrected chi connectivity index (χ3v) is 5.77. The zero-order chi connectivity index (χ0) is 14.8. The van der Waals surface area contributed by atoms with Gasteiger partial charge in [-0.2, -0.15) is 4.31 Å².